The predicted octanol–water partition coefficient (Wildman–Crippen LogP) is 11.2. The fraction of sp³-hybridized carbons (Fsp3) is 0.921. The van der Waals surface area contributed by atoms with Crippen molar-refractivity contribution >= 4 is 17.9 Å². The SMILES string of the molecule is CCCCCCCCCCCC(=O)OC[C@@H](COC(=O)CCCCCCCCC)OC(=O)CCCCCCCCCC(C)C. The number of ether oxygens (including phenoxy) is 3. The summed E-state index contributed by atoms with van der Waals surface area (Å²) in [5, 5.41) is 0. The van der Waals surface area contributed by atoms with E-state index in [1.165, 1.54) is 96.3 Å². The minimum atomic E-state index is -0.756. The first kappa shape index (κ1) is 42.4. The van der Waals surface area contributed by atoms with Gasteiger partial charge in [0.15, 0.2) is 6.10 Å². The van der Waals surface area contributed by atoms with Crippen molar-refractivity contribution in [2.45, 2.75) is 207 Å². The van der Waals surface area contributed by atoms with Crippen LogP contribution >= 0.6 is 0 Å². The van der Waals surface area contributed by atoms with Crippen LogP contribution in [-0.4, -0.2) is 37.2 Å². The van der Waals surface area contributed by atoms with Gasteiger partial charge in [-0.2, -0.15) is 0 Å². The molecule has 0 fully saturated rings. The van der Waals surface area contributed by atoms with Crippen molar-refractivity contribution in [3.63, 3.8) is 0 Å². The Morgan fingerprint density at radius 1 is 0.432 bits per heavy atom. The monoisotopic (exact) mass is 625 g/mol. The molecule has 6 nitrogen and oxygen atoms in total. The second kappa shape index (κ2) is 32.8. The van der Waals surface area contributed by atoms with Gasteiger partial charge in [-0.1, -0.05) is 163 Å². The molecular weight excluding hydrogens is 552 g/mol. The lowest BCUT2D eigenvalue weighted by atomic mass is 10.0. The molecule has 0 unspecified atom stereocenters. The molecule has 0 aromatic rings. The van der Waals surface area contributed by atoms with Crippen LogP contribution in [0.25, 0.3) is 0 Å². The van der Waals surface area contributed by atoms with Crippen molar-refractivity contribution in [3.05, 3.63) is 0 Å². The summed E-state index contributed by atoms with van der Waals surface area (Å²) in [6.07, 6.45) is 28.2. The zero-order valence-electron chi connectivity index (χ0n) is 29.6. The Hall–Kier alpha value is -1.59. The maximum absolute atomic E-state index is 12.6. The number of hydrogen-bond donors (Lipinski definition) is 0. The quantitative estimate of drug-likeness (QED) is 0.0410. The van der Waals surface area contributed by atoms with E-state index in [9.17, 15) is 14.4 Å². The average Bonchev–Trinajstić information content (AvgIpc) is 3.00. The zero-order valence-corrected chi connectivity index (χ0v) is 29.6. The maximum Gasteiger partial charge on any atom is 0.306 e. The van der Waals surface area contributed by atoms with Crippen molar-refractivity contribution in [2.24, 2.45) is 5.92 Å². The third kappa shape index (κ3) is 31.8. The standard InChI is InChI=1S/C38H72O6/c1-5-7-9-11-13-14-18-22-26-30-37(40)43-33-35(32-42-36(39)29-25-21-16-12-10-8-6-2)44-38(41)31-27-23-19-15-17-20-24-28-34(3)4/h34-35H,5-33H2,1-4H3/t35-/m1/s1. The highest BCUT2D eigenvalue weighted by atomic mass is 16.6. The molecule has 0 spiro atoms. The molecule has 0 N–H and O–H groups in total. The van der Waals surface area contributed by atoms with Gasteiger partial charge in [0.2, 0.25) is 0 Å². The summed E-state index contributed by atoms with van der Waals surface area (Å²) in [5.41, 5.74) is 0. The van der Waals surface area contributed by atoms with Crippen LogP contribution in [0, 0.1) is 5.92 Å². The Morgan fingerprint density at radius 2 is 0.750 bits per heavy atom. The minimum absolute atomic E-state index is 0.0664. The van der Waals surface area contributed by atoms with Crippen molar-refractivity contribution in [1.82, 2.24) is 0 Å². The first-order valence-electron chi connectivity index (χ1n) is 18.9. The van der Waals surface area contributed by atoms with Gasteiger partial charge in [0.05, 0.1) is 0 Å². The minimum Gasteiger partial charge on any atom is -0.462 e. The summed E-state index contributed by atoms with van der Waals surface area (Å²) < 4.78 is 16.5. The van der Waals surface area contributed by atoms with Gasteiger partial charge in [0, 0.05) is 19.3 Å². The van der Waals surface area contributed by atoms with E-state index >= 15 is 0 Å². The van der Waals surface area contributed by atoms with E-state index in [0.29, 0.717) is 19.3 Å². The molecule has 0 amide bonds. The fourth-order valence-corrected chi connectivity index (χ4v) is 5.39. The van der Waals surface area contributed by atoms with Crippen molar-refractivity contribution in [3.8, 4) is 0 Å². The molecule has 0 saturated carbocycles. The van der Waals surface area contributed by atoms with Crippen LogP contribution in [0.5, 0.6) is 0 Å². The molecule has 0 aromatic heterocycles. The van der Waals surface area contributed by atoms with Crippen molar-refractivity contribution in [2.75, 3.05) is 13.2 Å². The lowest BCUT2D eigenvalue weighted by Crippen LogP contribution is -2.30. The van der Waals surface area contributed by atoms with Crippen LogP contribution < -0.4 is 0 Å². The topological polar surface area (TPSA) is 78.9 Å². The zero-order chi connectivity index (χ0) is 32.5. The highest BCUT2D eigenvalue weighted by Gasteiger charge is 2.19. The molecular formula is C38H72O6. The first-order valence-corrected chi connectivity index (χ1v) is 18.9. The average molecular weight is 625 g/mol. The summed E-state index contributed by atoms with van der Waals surface area (Å²) in [5.74, 6) is -0.0995. The Bertz CT molecular complexity index is 662. The number of rotatable bonds is 33. The van der Waals surface area contributed by atoms with Crippen LogP contribution in [0.15, 0.2) is 0 Å². The highest BCUT2D eigenvalue weighted by molar-refractivity contribution is 5.71. The third-order valence-electron chi connectivity index (χ3n) is 8.29. The summed E-state index contributed by atoms with van der Waals surface area (Å²) in [6.45, 7) is 8.85. The normalized spacial score (nSPS) is 11.9. The van der Waals surface area contributed by atoms with Crippen LogP contribution in [0.2, 0.25) is 0 Å². The molecule has 0 radical (unpaired) electrons. The molecule has 0 heterocycles. The van der Waals surface area contributed by atoms with E-state index < -0.39 is 6.10 Å². The van der Waals surface area contributed by atoms with Crippen molar-refractivity contribution < 1.29 is 28.6 Å². The molecule has 0 saturated heterocycles. The Morgan fingerprint density at radius 3 is 1.11 bits per heavy atom. The molecule has 0 aliphatic heterocycles. The fourth-order valence-electron chi connectivity index (χ4n) is 5.39. The van der Waals surface area contributed by atoms with Gasteiger partial charge in [0.25, 0.3) is 0 Å². The van der Waals surface area contributed by atoms with Crippen LogP contribution in [0.1, 0.15) is 201 Å². The van der Waals surface area contributed by atoms with Gasteiger partial charge in [-0.3, -0.25) is 14.4 Å². The Kier molecular flexibility index (Phi) is 31.6. The predicted molar refractivity (Wildman–Crippen MR) is 183 cm³/mol. The second-order valence-electron chi connectivity index (χ2n) is 13.3. The molecule has 0 rings (SSSR count). The highest BCUT2D eigenvalue weighted by Crippen LogP contribution is 2.14. The Labute approximate surface area is 272 Å². The third-order valence-corrected chi connectivity index (χ3v) is 8.29. The van der Waals surface area contributed by atoms with Gasteiger partial charge in [0.1, 0.15) is 13.2 Å². The summed E-state index contributed by atoms with van der Waals surface area (Å²) in [7, 11) is 0. The molecule has 0 aromatic carbocycles. The molecule has 260 valence electrons. The van der Waals surface area contributed by atoms with Gasteiger partial charge in [-0.15, -0.1) is 0 Å². The smallest absolute Gasteiger partial charge is 0.306 e. The van der Waals surface area contributed by atoms with E-state index in [1.54, 1.807) is 0 Å². The van der Waals surface area contributed by atoms with E-state index in [4.69, 9.17) is 14.2 Å². The van der Waals surface area contributed by atoms with Crippen molar-refractivity contribution in [1.29, 1.82) is 0 Å². The van der Waals surface area contributed by atoms with Gasteiger partial charge < -0.3 is 14.2 Å². The van der Waals surface area contributed by atoms with Gasteiger partial charge in [-0.05, 0) is 25.2 Å². The first-order chi connectivity index (χ1) is 21.4. The maximum atomic E-state index is 12.6. The van der Waals surface area contributed by atoms with Gasteiger partial charge >= 0.3 is 17.9 Å². The molecule has 0 aliphatic rings. The van der Waals surface area contributed by atoms with Gasteiger partial charge in [-0.25, -0.2) is 0 Å². The number of esters is 3. The number of unbranched alkanes of at least 4 members (excludes halogenated alkanes) is 20. The Balaban J connectivity index is 4.35. The molecule has 0 aliphatic carbocycles. The summed E-state index contributed by atoms with van der Waals surface area (Å²) in [4.78, 5) is 37.2. The van der Waals surface area contributed by atoms with Crippen LogP contribution in [0.4, 0.5) is 0 Å². The number of hydrogen-bond acceptors (Lipinski definition) is 6. The molecule has 1 atom stereocenters. The second-order valence-corrected chi connectivity index (χ2v) is 13.3. The summed E-state index contributed by atoms with van der Waals surface area (Å²) in [6, 6.07) is 0. The van der Waals surface area contributed by atoms with Crippen LogP contribution in [-0.2, 0) is 28.6 Å². The summed E-state index contributed by atoms with van der Waals surface area (Å²) >= 11 is 0. The van der Waals surface area contributed by atoms with E-state index in [1.807, 2.05) is 0 Å². The van der Waals surface area contributed by atoms with E-state index in [0.717, 1.165) is 63.7 Å². The molecule has 0 bridgehead atoms. The number of carbonyl (C=O) groups is 3. The van der Waals surface area contributed by atoms with E-state index in [-0.39, 0.29) is 31.1 Å². The largest absolute Gasteiger partial charge is 0.462 e. The molecule has 6 heteroatoms. The lowest BCUT2D eigenvalue weighted by molar-refractivity contribution is -0.167. The lowest BCUT2D eigenvalue weighted by Gasteiger charge is -2.18. The molecule has 44 heavy (non-hydrogen) atoms. The van der Waals surface area contributed by atoms with E-state index in [2.05, 4.69) is 27.7 Å². The van der Waals surface area contributed by atoms with Crippen LogP contribution in [0.3, 0.4) is 0 Å². The number of carbonyl (C=O) groups excluding carboxylic acids is 3.